The summed E-state index contributed by atoms with van der Waals surface area (Å²) in [7, 11) is -4.35. The number of hydrogen-bond acceptors (Lipinski definition) is 7. The molecule has 2 aromatic rings. The molecule has 1 heterocycles. The third-order valence-electron chi connectivity index (χ3n) is 4.53. The van der Waals surface area contributed by atoms with Gasteiger partial charge < -0.3 is 4.74 Å². The zero-order valence-corrected chi connectivity index (χ0v) is 18.0. The lowest BCUT2D eigenvalue weighted by molar-refractivity contribution is -0.148. The molecule has 1 aliphatic rings. The van der Waals surface area contributed by atoms with Gasteiger partial charge in [0.1, 0.15) is 16.8 Å². The molecule has 1 N–H and O–H groups in total. The van der Waals surface area contributed by atoms with Crippen molar-refractivity contribution in [1.82, 2.24) is 9.62 Å². The van der Waals surface area contributed by atoms with Gasteiger partial charge in [0.05, 0.1) is 11.1 Å². The molecule has 31 heavy (non-hydrogen) atoms. The van der Waals surface area contributed by atoms with Crippen LogP contribution in [0.5, 0.6) is 0 Å². The van der Waals surface area contributed by atoms with Crippen LogP contribution in [0.25, 0.3) is 0 Å². The topological polar surface area (TPSA) is 110 Å². The fourth-order valence-electron chi connectivity index (χ4n) is 2.96. The fourth-order valence-corrected chi connectivity index (χ4v) is 4.73. The highest BCUT2D eigenvalue weighted by molar-refractivity contribution is 7.98. The largest absolute Gasteiger partial charge is 0.442 e. The maximum absolute atomic E-state index is 13.9. The number of nitrogens with zero attached hydrogens (tertiary/aromatic N) is 1. The van der Waals surface area contributed by atoms with Gasteiger partial charge in [-0.25, -0.2) is 17.7 Å². The molecule has 0 bridgehead atoms. The first-order valence-electron chi connectivity index (χ1n) is 9.14. The number of nitrogens with one attached hydrogen (secondary N) is 1. The molecule has 0 saturated carbocycles. The summed E-state index contributed by atoms with van der Waals surface area (Å²) in [6, 6.07) is 9.63. The quantitative estimate of drug-likeness (QED) is 0.445. The van der Waals surface area contributed by atoms with Crippen molar-refractivity contribution in [1.29, 1.82) is 0 Å². The average Bonchev–Trinajstić information content (AvgIpc) is 2.99. The van der Waals surface area contributed by atoms with Gasteiger partial charge >= 0.3 is 5.97 Å². The molecular weight excluding hydrogens is 447 g/mol. The third-order valence-corrected chi connectivity index (χ3v) is 6.68. The third kappa shape index (κ3) is 4.94. The number of benzene rings is 2. The lowest BCUT2D eigenvalue weighted by atomic mass is 10.1. The predicted molar refractivity (Wildman–Crippen MR) is 111 cm³/mol. The van der Waals surface area contributed by atoms with Gasteiger partial charge in [-0.3, -0.25) is 14.4 Å². The number of carbonyl (C=O) groups is 3. The van der Waals surface area contributed by atoms with Crippen LogP contribution in [-0.4, -0.2) is 55.9 Å². The Kier molecular flexibility index (Phi) is 7.08. The molecule has 3 rings (SSSR count). The second-order valence-electron chi connectivity index (χ2n) is 6.56. The number of thioether (sulfide) groups is 1. The van der Waals surface area contributed by atoms with Gasteiger partial charge in [0.25, 0.3) is 11.8 Å². The minimum Gasteiger partial charge on any atom is -0.442 e. The molecule has 0 saturated heterocycles. The Balaban J connectivity index is 1.72. The summed E-state index contributed by atoms with van der Waals surface area (Å²) in [5.41, 5.74) is 0.394. The number of fused-ring (bicyclic) bond motifs is 1. The average molecular weight is 467 g/mol. The molecule has 0 radical (unpaired) electrons. The van der Waals surface area contributed by atoms with Crippen LogP contribution in [0.15, 0.2) is 53.4 Å². The molecule has 8 nitrogen and oxygen atoms in total. The second-order valence-corrected chi connectivity index (χ2v) is 9.23. The predicted octanol–water partition coefficient (Wildman–Crippen LogP) is 2.02. The summed E-state index contributed by atoms with van der Waals surface area (Å²) in [5, 5.41) is 0. The first-order valence-corrected chi connectivity index (χ1v) is 12.0. The summed E-state index contributed by atoms with van der Waals surface area (Å²) >= 11 is 1.37. The van der Waals surface area contributed by atoms with Gasteiger partial charge in [0.2, 0.25) is 10.0 Å². The van der Waals surface area contributed by atoms with E-state index in [4.69, 9.17) is 4.74 Å². The maximum atomic E-state index is 13.9. The van der Waals surface area contributed by atoms with E-state index < -0.39 is 51.3 Å². The maximum Gasteiger partial charge on any atom is 0.325 e. The van der Waals surface area contributed by atoms with Crippen molar-refractivity contribution < 1.29 is 31.9 Å². The molecule has 1 atom stereocenters. The minimum absolute atomic E-state index is 0.0653. The molecule has 164 valence electrons. The van der Waals surface area contributed by atoms with E-state index in [1.54, 1.807) is 18.4 Å². The number of carbonyl (C=O) groups excluding carboxylic acids is 3. The number of esters is 1. The first-order chi connectivity index (χ1) is 14.8. The molecule has 0 aromatic heterocycles. The summed E-state index contributed by atoms with van der Waals surface area (Å²) < 4.78 is 46.3. The van der Waals surface area contributed by atoms with Crippen LogP contribution >= 0.6 is 11.8 Å². The number of hydrogen-bond donors (Lipinski definition) is 1. The number of rotatable bonds is 9. The summed E-state index contributed by atoms with van der Waals surface area (Å²) in [4.78, 5) is 37.5. The lowest BCUT2D eigenvalue weighted by Gasteiger charge is -2.20. The molecule has 2 amide bonds. The molecule has 0 spiro atoms. The van der Waals surface area contributed by atoms with Crippen molar-refractivity contribution in [2.75, 3.05) is 18.7 Å². The number of sulfonamides is 1. The van der Waals surface area contributed by atoms with E-state index in [0.29, 0.717) is 5.75 Å². The van der Waals surface area contributed by atoms with Gasteiger partial charge in [0.15, 0.2) is 6.73 Å². The zero-order chi connectivity index (χ0) is 22.6. The smallest absolute Gasteiger partial charge is 0.325 e. The summed E-state index contributed by atoms with van der Waals surface area (Å²) in [6.45, 7) is -0.664. The van der Waals surface area contributed by atoms with Gasteiger partial charge in [-0.2, -0.15) is 16.5 Å². The molecule has 1 aliphatic heterocycles. The molecular formula is C20H19FN2O6S2. The number of imide groups is 1. The van der Waals surface area contributed by atoms with E-state index >= 15 is 0 Å². The Morgan fingerprint density at radius 3 is 2.26 bits per heavy atom. The first kappa shape index (κ1) is 22.9. The SMILES string of the molecule is CSCCC(NS(=O)(=O)c1ccccc1F)C(=O)OCN1C(=O)c2ccccc2C1=O. The van der Waals surface area contributed by atoms with E-state index in [2.05, 4.69) is 4.72 Å². The van der Waals surface area contributed by atoms with E-state index in [9.17, 15) is 27.2 Å². The normalized spacial score (nSPS) is 14.5. The van der Waals surface area contributed by atoms with Gasteiger partial charge in [-0.15, -0.1) is 0 Å². The van der Waals surface area contributed by atoms with Crippen LogP contribution in [0.1, 0.15) is 27.1 Å². The molecule has 0 aliphatic carbocycles. The van der Waals surface area contributed by atoms with Crippen molar-refractivity contribution in [3.8, 4) is 0 Å². The van der Waals surface area contributed by atoms with Crippen molar-refractivity contribution in [3.05, 3.63) is 65.5 Å². The Hall–Kier alpha value is -2.76. The van der Waals surface area contributed by atoms with E-state index in [1.807, 2.05) is 0 Å². The van der Waals surface area contributed by atoms with Crippen LogP contribution < -0.4 is 4.72 Å². The molecule has 2 aromatic carbocycles. The van der Waals surface area contributed by atoms with Crippen LogP contribution in [0.2, 0.25) is 0 Å². The minimum atomic E-state index is -4.35. The van der Waals surface area contributed by atoms with Crippen molar-refractivity contribution >= 4 is 39.6 Å². The highest BCUT2D eigenvalue weighted by atomic mass is 32.2. The number of amides is 2. The molecule has 1 unspecified atom stereocenters. The van der Waals surface area contributed by atoms with Crippen LogP contribution in [0, 0.1) is 5.82 Å². The highest BCUT2D eigenvalue weighted by Gasteiger charge is 2.36. The fraction of sp³-hybridized carbons (Fsp3) is 0.250. The summed E-state index contributed by atoms with van der Waals surface area (Å²) in [6.07, 6.45) is 1.84. The van der Waals surface area contributed by atoms with Crippen LogP contribution in [-0.2, 0) is 19.6 Å². The second kappa shape index (κ2) is 9.58. The Morgan fingerprint density at radius 2 is 1.68 bits per heavy atom. The number of halogens is 1. The number of ether oxygens (including phenoxy) is 1. The van der Waals surface area contributed by atoms with Gasteiger partial charge in [-0.1, -0.05) is 24.3 Å². The van der Waals surface area contributed by atoms with E-state index in [0.717, 1.165) is 17.0 Å². The Bertz CT molecular complexity index is 1090. The monoisotopic (exact) mass is 466 g/mol. The van der Waals surface area contributed by atoms with Crippen LogP contribution in [0.3, 0.4) is 0 Å². The summed E-state index contributed by atoms with van der Waals surface area (Å²) in [5.74, 6) is -2.75. The lowest BCUT2D eigenvalue weighted by Crippen LogP contribution is -2.44. The van der Waals surface area contributed by atoms with Crippen molar-refractivity contribution in [3.63, 3.8) is 0 Å². The van der Waals surface area contributed by atoms with E-state index in [-0.39, 0.29) is 17.5 Å². The Morgan fingerprint density at radius 1 is 1.10 bits per heavy atom. The van der Waals surface area contributed by atoms with Crippen molar-refractivity contribution in [2.24, 2.45) is 0 Å². The van der Waals surface area contributed by atoms with Gasteiger partial charge in [-0.05, 0) is 42.7 Å². The van der Waals surface area contributed by atoms with Crippen LogP contribution in [0.4, 0.5) is 4.39 Å². The van der Waals surface area contributed by atoms with Gasteiger partial charge in [0, 0.05) is 0 Å². The van der Waals surface area contributed by atoms with E-state index in [1.165, 1.54) is 36.0 Å². The molecule has 0 fully saturated rings. The van der Waals surface area contributed by atoms with Crippen molar-refractivity contribution in [2.45, 2.75) is 17.4 Å². The zero-order valence-electron chi connectivity index (χ0n) is 16.4. The standard InChI is InChI=1S/C20H19FN2O6S2/c1-30-11-10-16(22-31(27,28)17-9-5-4-8-15(17)21)20(26)29-12-23-18(24)13-6-2-3-7-14(13)19(23)25/h2-9,16,22H,10-12H2,1H3. The Labute approximate surface area is 182 Å². The molecule has 11 heteroatoms. The highest BCUT2D eigenvalue weighted by Crippen LogP contribution is 2.22.